The average molecular weight is 643 g/mol. The van der Waals surface area contributed by atoms with E-state index in [9.17, 15) is 0 Å². The van der Waals surface area contributed by atoms with E-state index in [0.29, 0.717) is 0 Å². The van der Waals surface area contributed by atoms with Gasteiger partial charge >= 0.3 is 21.1 Å². The van der Waals surface area contributed by atoms with E-state index >= 15 is 0 Å². The first-order valence-electron chi connectivity index (χ1n) is 11.5. The maximum atomic E-state index is 5.05. The summed E-state index contributed by atoms with van der Waals surface area (Å²) >= 11 is 0. The van der Waals surface area contributed by atoms with Gasteiger partial charge in [0.25, 0.3) is 0 Å². The van der Waals surface area contributed by atoms with Crippen LogP contribution in [-0.2, 0) is 21.1 Å². The molecule has 0 fully saturated rings. The molecule has 0 atom stereocenters. The number of nitrogens with zero attached hydrogens (tertiary/aromatic N) is 3. The van der Waals surface area contributed by atoms with Crippen molar-refractivity contribution in [1.29, 1.82) is 0 Å². The van der Waals surface area contributed by atoms with Crippen molar-refractivity contribution in [2.45, 2.75) is 0 Å². The number of rotatable bonds is 5. The van der Waals surface area contributed by atoms with Crippen molar-refractivity contribution < 1.29 is 21.1 Å². The van der Waals surface area contributed by atoms with Crippen LogP contribution in [0.4, 0.5) is 17.3 Å². The van der Waals surface area contributed by atoms with Crippen molar-refractivity contribution in [3.05, 3.63) is 140 Å². The van der Waals surface area contributed by atoms with Crippen molar-refractivity contribution in [1.82, 2.24) is 9.97 Å². The van der Waals surface area contributed by atoms with Crippen molar-refractivity contribution >= 4 is 28.1 Å². The summed E-state index contributed by atoms with van der Waals surface area (Å²) in [7, 11) is 0. The number of benzene rings is 4. The number of hydrogen-bond acceptors (Lipinski definition) is 3. The molecule has 0 N–H and O–H groups in total. The number of aromatic nitrogens is 2. The van der Waals surface area contributed by atoms with Gasteiger partial charge in [-0.2, -0.15) is 0 Å². The number of anilines is 3. The Bertz CT molecular complexity index is 1510. The van der Waals surface area contributed by atoms with Crippen LogP contribution in [0.3, 0.4) is 0 Å². The molecule has 0 unspecified atom stereocenters. The summed E-state index contributed by atoms with van der Waals surface area (Å²) in [4.78, 5) is 12.2. The van der Waals surface area contributed by atoms with E-state index in [1.165, 1.54) is 0 Å². The van der Waals surface area contributed by atoms with Crippen molar-refractivity contribution in [2.75, 3.05) is 4.90 Å². The van der Waals surface area contributed by atoms with Crippen LogP contribution in [0.2, 0.25) is 0 Å². The molecule has 4 heteroatoms. The molecule has 36 heavy (non-hydrogen) atoms. The zero-order valence-corrected chi connectivity index (χ0v) is 21.6. The number of fused-ring (bicyclic) bond motifs is 1. The first kappa shape index (κ1) is 23.7. The van der Waals surface area contributed by atoms with Gasteiger partial charge in [-0.1, -0.05) is 60.7 Å². The Morgan fingerprint density at radius 2 is 1.03 bits per heavy atom. The molecular weight excluding hydrogens is 621 g/mol. The third-order valence-electron chi connectivity index (χ3n) is 5.90. The smallest absolute Gasteiger partial charge is 0.280 e. The van der Waals surface area contributed by atoms with E-state index in [1.54, 1.807) is 0 Å². The summed E-state index contributed by atoms with van der Waals surface area (Å²) in [5.74, 6) is 1.58. The monoisotopic (exact) mass is 642 g/mol. The van der Waals surface area contributed by atoms with E-state index in [4.69, 9.17) is 9.97 Å². The second-order valence-corrected chi connectivity index (χ2v) is 8.15. The molecule has 3 nitrogen and oxygen atoms in total. The van der Waals surface area contributed by atoms with Gasteiger partial charge in [-0.3, -0.25) is 14.9 Å². The Balaban J connectivity index is 0.00000267. The minimum absolute atomic E-state index is 0. The van der Waals surface area contributed by atoms with E-state index in [1.807, 2.05) is 84.9 Å². The van der Waals surface area contributed by atoms with Crippen LogP contribution in [0.25, 0.3) is 33.3 Å². The minimum atomic E-state index is 0. The van der Waals surface area contributed by atoms with E-state index in [2.05, 4.69) is 59.5 Å². The standard InChI is InChI=1S/C32H21N3.Pt/c1-3-13-25(14-4-1)28-19-10-22-31(33-28)35(30-21-9-17-24-12-7-8-18-27(24)30)32-23-11-20-29(34-32)26-15-5-2-6-16-26;/h1-13,15,17-23H;/q-2;+2. The Morgan fingerprint density at radius 3 is 1.61 bits per heavy atom. The molecule has 0 spiro atoms. The van der Waals surface area contributed by atoms with Gasteiger partial charge in [0.15, 0.2) is 0 Å². The van der Waals surface area contributed by atoms with E-state index in [0.717, 1.165) is 50.6 Å². The molecule has 0 radical (unpaired) electrons. The molecule has 2 heterocycles. The molecule has 0 aliphatic heterocycles. The maximum Gasteiger partial charge on any atom is 2.00 e. The van der Waals surface area contributed by atoms with E-state index < -0.39 is 0 Å². The second kappa shape index (κ2) is 10.7. The predicted molar refractivity (Wildman–Crippen MR) is 143 cm³/mol. The topological polar surface area (TPSA) is 29.0 Å². The summed E-state index contributed by atoms with van der Waals surface area (Å²) in [5.41, 5.74) is 4.65. The molecule has 0 bridgehead atoms. The number of hydrogen-bond donors (Lipinski definition) is 0. The van der Waals surface area contributed by atoms with E-state index in [-0.39, 0.29) is 21.1 Å². The summed E-state index contributed by atoms with van der Waals surface area (Å²) in [6.45, 7) is 0. The molecule has 6 aromatic rings. The van der Waals surface area contributed by atoms with Crippen LogP contribution < -0.4 is 4.90 Å². The van der Waals surface area contributed by atoms with Crippen molar-refractivity contribution in [3.63, 3.8) is 0 Å². The Hall–Kier alpha value is -4.07. The minimum Gasteiger partial charge on any atom is -0.280 e. The van der Waals surface area contributed by atoms with Crippen molar-refractivity contribution in [3.8, 4) is 22.5 Å². The van der Waals surface area contributed by atoms with Gasteiger partial charge in [0.2, 0.25) is 0 Å². The van der Waals surface area contributed by atoms with Crippen LogP contribution in [-0.4, -0.2) is 9.97 Å². The fraction of sp³-hybridized carbons (Fsp3) is 0. The zero-order valence-electron chi connectivity index (χ0n) is 19.3. The van der Waals surface area contributed by atoms with Gasteiger partial charge in [0.1, 0.15) is 11.6 Å². The summed E-state index contributed by atoms with van der Waals surface area (Å²) in [5, 5.41) is 2.29. The molecule has 0 aliphatic carbocycles. The fourth-order valence-electron chi connectivity index (χ4n) is 4.27. The Morgan fingerprint density at radius 1 is 0.500 bits per heavy atom. The average Bonchev–Trinajstić information content (AvgIpc) is 2.95. The molecule has 0 aliphatic rings. The first-order valence-corrected chi connectivity index (χ1v) is 11.5. The maximum absolute atomic E-state index is 5.05. The molecule has 174 valence electrons. The second-order valence-electron chi connectivity index (χ2n) is 8.15. The molecule has 6 rings (SSSR count). The van der Waals surface area contributed by atoms with Gasteiger partial charge in [-0.15, -0.1) is 71.8 Å². The van der Waals surface area contributed by atoms with Crippen molar-refractivity contribution in [2.24, 2.45) is 0 Å². The van der Waals surface area contributed by atoms with Crippen LogP contribution in [0.15, 0.2) is 127 Å². The van der Waals surface area contributed by atoms with Gasteiger partial charge < -0.3 is 0 Å². The largest absolute Gasteiger partial charge is 2.00 e. The molecule has 0 amide bonds. The summed E-state index contributed by atoms with van der Waals surface area (Å²) in [6.07, 6.45) is 0. The van der Waals surface area contributed by atoms with Gasteiger partial charge in [-0.05, 0) is 35.0 Å². The Labute approximate surface area is 225 Å². The first-order chi connectivity index (χ1) is 17.4. The normalized spacial score (nSPS) is 10.6. The molecule has 4 aromatic carbocycles. The van der Waals surface area contributed by atoms with Crippen LogP contribution in [0.1, 0.15) is 0 Å². The summed E-state index contributed by atoms with van der Waals surface area (Å²) < 4.78 is 0. The van der Waals surface area contributed by atoms with Crippen LogP contribution in [0.5, 0.6) is 0 Å². The van der Waals surface area contributed by atoms with Gasteiger partial charge in [0.05, 0.1) is 5.69 Å². The molecule has 0 saturated heterocycles. The SMILES string of the molecule is [Pt+2].[c-]1ccccc1-c1cccc(N(c2cccc(-c3[c-]cccc3)n2)c2cccc3ccccc23)n1. The molecular formula is C32H21N3Pt. The summed E-state index contributed by atoms with van der Waals surface area (Å²) in [6, 6.07) is 49.2. The number of pyridine rings is 2. The quantitative estimate of drug-likeness (QED) is 0.178. The third kappa shape index (κ3) is 4.71. The fourth-order valence-corrected chi connectivity index (χ4v) is 4.27. The Kier molecular flexibility index (Phi) is 7.02. The third-order valence-corrected chi connectivity index (χ3v) is 5.90. The molecule has 2 aromatic heterocycles. The van der Waals surface area contributed by atoms with Gasteiger partial charge in [0, 0.05) is 5.39 Å². The van der Waals surface area contributed by atoms with Gasteiger partial charge in [-0.25, -0.2) is 0 Å². The zero-order chi connectivity index (χ0) is 23.5. The van der Waals surface area contributed by atoms with Crippen LogP contribution in [0, 0.1) is 12.1 Å². The molecule has 0 saturated carbocycles. The predicted octanol–water partition coefficient (Wildman–Crippen LogP) is 8.03. The van der Waals surface area contributed by atoms with Crippen LogP contribution >= 0.6 is 0 Å².